The van der Waals surface area contributed by atoms with Gasteiger partial charge in [-0.15, -0.1) is 11.8 Å². The van der Waals surface area contributed by atoms with Crippen LogP contribution in [0.25, 0.3) is 0 Å². The minimum Gasteiger partial charge on any atom is -0.334 e. The maximum absolute atomic E-state index is 13.5. The van der Waals surface area contributed by atoms with Crippen molar-refractivity contribution in [2.75, 3.05) is 18.2 Å². The maximum Gasteiger partial charge on any atom is 0.246 e. The number of carbonyl (C=O) groups excluding carboxylic acids is 2. The van der Waals surface area contributed by atoms with E-state index in [9.17, 15) is 14.0 Å². The fourth-order valence-electron chi connectivity index (χ4n) is 3.23. The molecule has 0 unspecified atom stereocenters. The number of halogens is 1. The van der Waals surface area contributed by atoms with E-state index in [1.165, 1.54) is 19.1 Å². The van der Waals surface area contributed by atoms with E-state index in [1.807, 2.05) is 6.92 Å². The van der Waals surface area contributed by atoms with Crippen molar-refractivity contribution in [3.05, 3.63) is 35.1 Å². The number of thioether (sulfide) groups is 1. The molecule has 118 valence electrons. The molecule has 2 atom stereocenters. The first-order valence-electron chi connectivity index (χ1n) is 7.43. The van der Waals surface area contributed by atoms with Gasteiger partial charge in [0.25, 0.3) is 0 Å². The van der Waals surface area contributed by atoms with Gasteiger partial charge in [-0.1, -0.05) is 6.07 Å². The molecular weight excluding hydrogens is 303 g/mol. The molecule has 0 saturated carbocycles. The second-order valence-corrected chi connectivity index (χ2v) is 6.81. The lowest BCUT2D eigenvalue weighted by Crippen LogP contribution is -2.50. The van der Waals surface area contributed by atoms with Gasteiger partial charge in [0, 0.05) is 19.2 Å². The van der Waals surface area contributed by atoms with Crippen LogP contribution in [0.2, 0.25) is 0 Å². The zero-order valence-electron chi connectivity index (χ0n) is 12.7. The van der Waals surface area contributed by atoms with Gasteiger partial charge in [-0.05, 0) is 36.6 Å². The van der Waals surface area contributed by atoms with Crippen LogP contribution in [0, 0.1) is 5.82 Å². The Bertz CT molecular complexity index is 622. The van der Waals surface area contributed by atoms with E-state index in [2.05, 4.69) is 0 Å². The predicted octanol–water partition coefficient (Wildman–Crippen LogP) is 2.19. The molecule has 2 aliphatic rings. The molecule has 2 aliphatic heterocycles. The highest BCUT2D eigenvalue weighted by molar-refractivity contribution is 7.99. The summed E-state index contributed by atoms with van der Waals surface area (Å²) >= 11 is 1.60. The normalized spacial score (nSPS) is 24.3. The van der Waals surface area contributed by atoms with E-state index in [1.54, 1.807) is 27.6 Å². The maximum atomic E-state index is 13.5. The average molecular weight is 322 g/mol. The fourth-order valence-corrected chi connectivity index (χ4v) is 4.44. The van der Waals surface area contributed by atoms with Crippen LogP contribution in [0.3, 0.4) is 0 Å². The summed E-state index contributed by atoms with van der Waals surface area (Å²) in [5.41, 5.74) is 1.97. The van der Waals surface area contributed by atoms with Crippen molar-refractivity contribution in [1.29, 1.82) is 0 Å². The molecule has 22 heavy (non-hydrogen) atoms. The lowest BCUT2D eigenvalue weighted by molar-refractivity contribution is -0.144. The molecule has 6 heteroatoms. The molecule has 3 rings (SSSR count). The van der Waals surface area contributed by atoms with Crippen molar-refractivity contribution in [2.45, 2.75) is 32.4 Å². The van der Waals surface area contributed by atoms with Gasteiger partial charge >= 0.3 is 0 Å². The predicted molar refractivity (Wildman–Crippen MR) is 83.9 cm³/mol. The molecule has 2 heterocycles. The summed E-state index contributed by atoms with van der Waals surface area (Å²) in [6, 6.07) is 4.24. The third-order valence-electron chi connectivity index (χ3n) is 4.50. The van der Waals surface area contributed by atoms with Crippen molar-refractivity contribution >= 4 is 23.6 Å². The van der Waals surface area contributed by atoms with Crippen LogP contribution in [0.1, 0.15) is 31.0 Å². The Morgan fingerprint density at radius 3 is 2.82 bits per heavy atom. The van der Waals surface area contributed by atoms with Crippen LogP contribution in [-0.2, 0) is 16.0 Å². The number of hydrogen-bond donors (Lipinski definition) is 0. The van der Waals surface area contributed by atoms with Crippen molar-refractivity contribution in [1.82, 2.24) is 9.80 Å². The topological polar surface area (TPSA) is 40.6 Å². The molecule has 0 spiro atoms. The molecule has 1 saturated heterocycles. The zero-order chi connectivity index (χ0) is 15.9. The van der Waals surface area contributed by atoms with Crippen LogP contribution in [0.5, 0.6) is 0 Å². The molecule has 0 aromatic heterocycles. The van der Waals surface area contributed by atoms with Crippen LogP contribution >= 0.6 is 11.8 Å². The lowest BCUT2D eigenvalue weighted by atomic mass is 9.93. The Labute approximate surface area is 133 Å². The molecule has 0 N–H and O–H groups in total. The second kappa shape index (κ2) is 5.91. The van der Waals surface area contributed by atoms with Gasteiger partial charge in [0.1, 0.15) is 11.9 Å². The van der Waals surface area contributed by atoms with E-state index in [-0.39, 0.29) is 29.7 Å². The molecular formula is C16H19FN2O2S. The highest BCUT2D eigenvalue weighted by atomic mass is 32.2. The first kappa shape index (κ1) is 15.3. The monoisotopic (exact) mass is 322 g/mol. The molecule has 0 bridgehead atoms. The Morgan fingerprint density at radius 2 is 2.09 bits per heavy atom. The smallest absolute Gasteiger partial charge is 0.246 e. The number of nitrogens with zero attached hydrogens (tertiary/aromatic N) is 2. The number of rotatable bonds is 1. The third kappa shape index (κ3) is 2.60. The fraction of sp³-hybridized carbons (Fsp3) is 0.500. The second-order valence-electron chi connectivity index (χ2n) is 5.81. The molecule has 0 aliphatic carbocycles. The molecule has 1 aromatic carbocycles. The van der Waals surface area contributed by atoms with Gasteiger partial charge in [0.05, 0.1) is 11.9 Å². The largest absolute Gasteiger partial charge is 0.334 e. The summed E-state index contributed by atoms with van der Waals surface area (Å²) in [5, 5.41) is 0. The highest BCUT2D eigenvalue weighted by Gasteiger charge is 2.38. The van der Waals surface area contributed by atoms with E-state index >= 15 is 0 Å². The van der Waals surface area contributed by atoms with Gasteiger partial charge < -0.3 is 9.80 Å². The number of fused-ring (bicyclic) bond motifs is 1. The summed E-state index contributed by atoms with van der Waals surface area (Å²) in [6.07, 6.45) is 0.728. The quantitative estimate of drug-likeness (QED) is 0.796. The van der Waals surface area contributed by atoms with Crippen molar-refractivity contribution in [3.8, 4) is 0 Å². The van der Waals surface area contributed by atoms with E-state index in [4.69, 9.17) is 0 Å². The third-order valence-corrected chi connectivity index (χ3v) is 5.51. The Kier molecular flexibility index (Phi) is 4.12. The lowest BCUT2D eigenvalue weighted by Gasteiger charge is -2.38. The molecule has 2 amide bonds. The number of amides is 2. The Morgan fingerprint density at radius 1 is 1.32 bits per heavy atom. The van der Waals surface area contributed by atoms with Crippen LogP contribution in [0.4, 0.5) is 4.39 Å². The first-order chi connectivity index (χ1) is 10.5. The van der Waals surface area contributed by atoms with Crippen molar-refractivity contribution < 1.29 is 14.0 Å². The molecule has 1 aromatic rings. The summed E-state index contributed by atoms with van der Waals surface area (Å²) in [4.78, 5) is 27.9. The Balaban J connectivity index is 1.84. The van der Waals surface area contributed by atoms with E-state index < -0.39 is 0 Å². The van der Waals surface area contributed by atoms with E-state index in [0.29, 0.717) is 18.2 Å². The zero-order valence-corrected chi connectivity index (χ0v) is 13.5. The van der Waals surface area contributed by atoms with Gasteiger partial charge in [0.15, 0.2) is 0 Å². The van der Waals surface area contributed by atoms with Gasteiger partial charge in [0.2, 0.25) is 11.8 Å². The molecule has 0 radical (unpaired) electrons. The summed E-state index contributed by atoms with van der Waals surface area (Å²) in [5.74, 6) is 0.834. The summed E-state index contributed by atoms with van der Waals surface area (Å²) in [7, 11) is 0. The van der Waals surface area contributed by atoms with Gasteiger partial charge in [-0.3, -0.25) is 9.59 Å². The standard InChI is InChI=1S/C16H19FN2O2S/c1-10-14-7-13(17)4-3-12(14)5-6-18(10)16(21)15-8-22-9-19(15)11(2)20/h3-4,7,10,15H,5-6,8-9H2,1-2H3/t10-,15-/m1/s1. The van der Waals surface area contributed by atoms with Crippen LogP contribution < -0.4 is 0 Å². The minimum absolute atomic E-state index is 0.0254. The first-order valence-corrected chi connectivity index (χ1v) is 8.58. The van der Waals surface area contributed by atoms with Crippen LogP contribution in [0.15, 0.2) is 18.2 Å². The average Bonchev–Trinajstić information content (AvgIpc) is 2.97. The SMILES string of the molecule is CC(=O)N1CSC[C@@H]1C(=O)N1CCc2ccc(F)cc2[C@H]1C. The van der Waals surface area contributed by atoms with Gasteiger partial charge in [-0.25, -0.2) is 4.39 Å². The molecule has 1 fully saturated rings. The Hall–Kier alpha value is -1.56. The number of hydrogen-bond acceptors (Lipinski definition) is 3. The van der Waals surface area contributed by atoms with Crippen molar-refractivity contribution in [3.63, 3.8) is 0 Å². The van der Waals surface area contributed by atoms with Gasteiger partial charge in [-0.2, -0.15) is 0 Å². The highest BCUT2D eigenvalue weighted by Crippen LogP contribution is 2.32. The van der Waals surface area contributed by atoms with E-state index in [0.717, 1.165) is 17.5 Å². The summed E-state index contributed by atoms with van der Waals surface area (Å²) < 4.78 is 13.5. The number of benzene rings is 1. The van der Waals surface area contributed by atoms with Crippen molar-refractivity contribution in [2.24, 2.45) is 0 Å². The number of carbonyl (C=O) groups is 2. The molecule has 4 nitrogen and oxygen atoms in total. The van der Waals surface area contributed by atoms with Crippen LogP contribution in [-0.4, -0.2) is 45.8 Å². The summed E-state index contributed by atoms with van der Waals surface area (Å²) in [6.45, 7) is 4.04. The minimum atomic E-state index is -0.389.